The van der Waals surface area contributed by atoms with Crippen molar-refractivity contribution in [2.45, 2.75) is 43.9 Å². The summed E-state index contributed by atoms with van der Waals surface area (Å²) in [6.45, 7) is 1.69. The average Bonchev–Trinajstić information content (AvgIpc) is 3.18. The second kappa shape index (κ2) is 9.35. The van der Waals surface area contributed by atoms with Crippen LogP contribution in [0.4, 0.5) is 0 Å². The molecule has 0 saturated carbocycles. The summed E-state index contributed by atoms with van der Waals surface area (Å²) in [6, 6.07) is 9.14. The van der Waals surface area contributed by atoms with Gasteiger partial charge in [-0.05, 0) is 42.2 Å². The van der Waals surface area contributed by atoms with Gasteiger partial charge in [0.15, 0.2) is 6.61 Å². The van der Waals surface area contributed by atoms with E-state index < -0.39 is 37.1 Å². The molecular weight excluding hydrogens is 440 g/mol. The summed E-state index contributed by atoms with van der Waals surface area (Å²) in [7, 11) is 0. The van der Waals surface area contributed by atoms with E-state index in [4.69, 9.17) is 25.8 Å². The normalized spacial score (nSPS) is 27.2. The molecule has 0 amide bonds. The second-order valence-electron chi connectivity index (χ2n) is 7.86. The molecule has 32 heavy (non-hydrogen) atoms. The molecule has 0 bridgehead atoms. The number of carbonyl (C=O) groups is 1. The Kier molecular flexibility index (Phi) is 6.71. The number of fused-ring (bicyclic) bond motifs is 1. The van der Waals surface area contributed by atoms with E-state index in [1.807, 2.05) is 31.2 Å². The molecule has 172 valence electrons. The molecule has 2 aliphatic rings. The van der Waals surface area contributed by atoms with Crippen LogP contribution in [0.15, 0.2) is 30.3 Å². The number of benzene rings is 2. The van der Waals surface area contributed by atoms with Crippen LogP contribution in [0.2, 0.25) is 5.02 Å². The number of halogens is 1. The van der Waals surface area contributed by atoms with Crippen LogP contribution in [-0.2, 0) is 11.2 Å². The van der Waals surface area contributed by atoms with E-state index >= 15 is 0 Å². The lowest BCUT2D eigenvalue weighted by Gasteiger charge is -2.40. The van der Waals surface area contributed by atoms with Gasteiger partial charge in [0.05, 0.1) is 23.8 Å². The van der Waals surface area contributed by atoms with Gasteiger partial charge in [0, 0.05) is 0 Å². The first-order chi connectivity index (χ1) is 15.3. The molecule has 8 nitrogen and oxygen atoms in total. The zero-order valence-corrected chi connectivity index (χ0v) is 18.2. The molecule has 9 heteroatoms. The maximum Gasteiger partial charge on any atom is 0.204 e. The largest absolute Gasteiger partial charge is 0.494 e. The third kappa shape index (κ3) is 4.10. The summed E-state index contributed by atoms with van der Waals surface area (Å²) >= 11 is 6.57. The fourth-order valence-corrected chi connectivity index (χ4v) is 4.42. The van der Waals surface area contributed by atoms with Gasteiger partial charge in [0.1, 0.15) is 42.0 Å². The second-order valence-corrected chi connectivity index (χ2v) is 8.24. The molecule has 0 unspecified atom stereocenters. The summed E-state index contributed by atoms with van der Waals surface area (Å²) < 4.78 is 16.7. The first-order valence-corrected chi connectivity index (χ1v) is 10.8. The molecule has 2 aromatic carbocycles. The van der Waals surface area contributed by atoms with Crippen LogP contribution in [0.1, 0.15) is 40.1 Å². The van der Waals surface area contributed by atoms with Crippen molar-refractivity contribution in [1.29, 1.82) is 0 Å². The van der Waals surface area contributed by atoms with E-state index in [0.717, 1.165) is 11.3 Å². The third-order valence-electron chi connectivity index (χ3n) is 5.78. The summed E-state index contributed by atoms with van der Waals surface area (Å²) in [4.78, 5) is 12.6. The predicted molar refractivity (Wildman–Crippen MR) is 114 cm³/mol. The molecule has 0 radical (unpaired) electrons. The van der Waals surface area contributed by atoms with Gasteiger partial charge < -0.3 is 34.6 Å². The zero-order chi connectivity index (χ0) is 23.0. The molecular formula is C23H25ClO8. The average molecular weight is 465 g/mol. The monoisotopic (exact) mass is 464 g/mol. The van der Waals surface area contributed by atoms with Crippen molar-refractivity contribution in [3.63, 3.8) is 0 Å². The van der Waals surface area contributed by atoms with Crippen molar-refractivity contribution in [1.82, 2.24) is 0 Å². The van der Waals surface area contributed by atoms with Crippen LogP contribution in [0.5, 0.6) is 11.5 Å². The minimum absolute atomic E-state index is 0.176. The molecule has 0 aromatic heterocycles. The highest BCUT2D eigenvalue weighted by atomic mass is 35.5. The number of carbonyl (C=O) groups excluding carboxylic acids is 1. The number of Topliss-reactive ketones (excluding diaryl/α,β-unsaturated/α-hetero) is 1. The standard InChI is InChI=1S/C23H25ClO8/c1-2-30-13-5-3-11(4-6-13)7-12-8-14(17-15(26)10-31-23(17)18(12)24)22-21(29)20(28)19(27)16(9-25)32-22/h3-6,8,16,19-22,25,27-29H,2,7,9-10H2,1H3/t16-,19-,20+,21+,22+/m1/s1. The van der Waals surface area contributed by atoms with Gasteiger partial charge in [-0.3, -0.25) is 4.79 Å². The molecule has 5 atom stereocenters. The molecule has 0 spiro atoms. The molecule has 1 fully saturated rings. The van der Waals surface area contributed by atoms with E-state index in [0.29, 0.717) is 24.2 Å². The molecule has 4 N–H and O–H groups in total. The third-order valence-corrected chi connectivity index (χ3v) is 6.20. The van der Waals surface area contributed by atoms with Gasteiger partial charge in [-0.25, -0.2) is 0 Å². The first-order valence-electron chi connectivity index (χ1n) is 10.4. The van der Waals surface area contributed by atoms with E-state index in [9.17, 15) is 25.2 Å². The number of aliphatic hydroxyl groups is 4. The number of ether oxygens (including phenoxy) is 3. The van der Waals surface area contributed by atoms with Crippen molar-refractivity contribution in [3.8, 4) is 11.5 Å². The fourth-order valence-electron chi connectivity index (χ4n) is 4.14. The quantitative estimate of drug-likeness (QED) is 0.505. The highest BCUT2D eigenvalue weighted by Gasteiger charge is 2.46. The summed E-state index contributed by atoms with van der Waals surface area (Å²) in [6.07, 6.45) is -6.45. The van der Waals surface area contributed by atoms with Crippen molar-refractivity contribution in [2.75, 3.05) is 19.8 Å². The topological polar surface area (TPSA) is 126 Å². The summed E-state index contributed by atoms with van der Waals surface area (Å²) in [5.41, 5.74) is 2.04. The molecule has 4 rings (SSSR count). The van der Waals surface area contributed by atoms with Gasteiger partial charge in [-0.15, -0.1) is 0 Å². The van der Waals surface area contributed by atoms with Gasteiger partial charge in [-0.1, -0.05) is 29.8 Å². The number of rotatable bonds is 6. The Morgan fingerprint density at radius 1 is 1.12 bits per heavy atom. The SMILES string of the molecule is CCOc1ccc(Cc2cc([C@@H]3O[C@H](CO)[C@@H](O)[C@H](O)[C@@H]3O)c3c(c2Cl)OCC3=O)cc1. The summed E-state index contributed by atoms with van der Waals surface area (Å²) in [5, 5.41) is 40.8. The smallest absolute Gasteiger partial charge is 0.204 e. The molecule has 2 heterocycles. The highest BCUT2D eigenvalue weighted by Crippen LogP contribution is 2.44. The van der Waals surface area contributed by atoms with E-state index in [1.54, 1.807) is 6.07 Å². The Balaban J connectivity index is 1.74. The Labute approximate surface area is 189 Å². The van der Waals surface area contributed by atoms with E-state index in [-0.39, 0.29) is 28.7 Å². The lowest BCUT2D eigenvalue weighted by Crippen LogP contribution is -2.55. The van der Waals surface area contributed by atoms with Gasteiger partial charge >= 0.3 is 0 Å². The van der Waals surface area contributed by atoms with Crippen LogP contribution in [-0.4, -0.2) is 70.4 Å². The van der Waals surface area contributed by atoms with Crippen molar-refractivity contribution in [3.05, 3.63) is 57.6 Å². The minimum atomic E-state index is -1.57. The number of aliphatic hydroxyl groups excluding tert-OH is 4. The van der Waals surface area contributed by atoms with Crippen LogP contribution in [0.25, 0.3) is 0 Å². The Bertz CT molecular complexity index is 990. The van der Waals surface area contributed by atoms with E-state index in [1.165, 1.54) is 0 Å². The minimum Gasteiger partial charge on any atom is -0.494 e. The van der Waals surface area contributed by atoms with Crippen LogP contribution in [0.3, 0.4) is 0 Å². The van der Waals surface area contributed by atoms with Crippen LogP contribution >= 0.6 is 11.6 Å². The zero-order valence-electron chi connectivity index (χ0n) is 17.4. The summed E-state index contributed by atoms with van der Waals surface area (Å²) in [5.74, 6) is 0.612. The van der Waals surface area contributed by atoms with Crippen molar-refractivity contribution in [2.24, 2.45) is 0 Å². The van der Waals surface area contributed by atoms with Gasteiger partial charge in [0.25, 0.3) is 0 Å². The molecule has 2 aliphatic heterocycles. The van der Waals surface area contributed by atoms with Gasteiger partial charge in [-0.2, -0.15) is 0 Å². The fraction of sp³-hybridized carbons (Fsp3) is 0.435. The van der Waals surface area contributed by atoms with Crippen molar-refractivity contribution >= 4 is 17.4 Å². The Morgan fingerprint density at radius 3 is 2.50 bits per heavy atom. The first kappa shape index (κ1) is 23.0. The van der Waals surface area contributed by atoms with Crippen LogP contribution < -0.4 is 9.47 Å². The van der Waals surface area contributed by atoms with E-state index in [2.05, 4.69) is 0 Å². The molecule has 2 aromatic rings. The molecule has 1 saturated heterocycles. The maximum atomic E-state index is 12.6. The van der Waals surface area contributed by atoms with Gasteiger partial charge in [0.2, 0.25) is 5.78 Å². The maximum absolute atomic E-state index is 12.6. The number of hydrogen-bond acceptors (Lipinski definition) is 8. The molecule has 0 aliphatic carbocycles. The predicted octanol–water partition coefficient (Wildman–Crippen LogP) is 1.42. The number of hydrogen-bond donors (Lipinski definition) is 4. The number of ketones is 1. The lowest BCUT2D eigenvalue weighted by atomic mass is 9.86. The van der Waals surface area contributed by atoms with Crippen molar-refractivity contribution < 1.29 is 39.4 Å². The Hall–Kier alpha value is -2.20. The highest BCUT2D eigenvalue weighted by molar-refractivity contribution is 6.34. The lowest BCUT2D eigenvalue weighted by molar-refractivity contribution is -0.231. The Morgan fingerprint density at radius 2 is 1.84 bits per heavy atom. The van der Waals surface area contributed by atoms with Crippen LogP contribution in [0, 0.1) is 0 Å².